The van der Waals surface area contributed by atoms with Crippen LogP contribution in [0.3, 0.4) is 0 Å². The summed E-state index contributed by atoms with van der Waals surface area (Å²) in [7, 11) is 1.51. The van der Waals surface area contributed by atoms with Crippen molar-refractivity contribution < 1.29 is 37.7 Å². The van der Waals surface area contributed by atoms with E-state index in [-0.39, 0.29) is 30.8 Å². The van der Waals surface area contributed by atoms with Crippen LogP contribution in [0.2, 0.25) is 0 Å². The molecule has 4 rings (SSSR count). The van der Waals surface area contributed by atoms with Crippen LogP contribution in [0, 0.1) is 17.0 Å². The monoisotopic (exact) mass is 532 g/mol. The number of nitrogens with zero attached hydrogens (tertiary/aromatic N) is 2. The molecule has 0 amide bonds. The normalized spacial score (nSPS) is 16.3. The Labute approximate surface area is 218 Å². The first-order chi connectivity index (χ1) is 18.2. The van der Waals surface area contributed by atoms with Crippen LogP contribution in [0.1, 0.15) is 42.9 Å². The number of aliphatic carboxylic acids is 1. The standard InChI is InChI=1S/C28H31F3N2O5/c1-37-21-2-3-24-23(15-21)26(18(16-29)17-32-24)25(34)4-5-28(27(35)36)6-8-33(9-7-28)10-11-38-22-13-19(30)12-20(31)14-22/h2-3,12-15,17,25,34H,4-11,16H2,1H3,(H,35,36). The molecule has 1 atom stereocenters. The van der Waals surface area contributed by atoms with Gasteiger partial charge in [0.25, 0.3) is 0 Å². The molecular formula is C28H31F3N2O5. The minimum absolute atomic E-state index is 0.0993. The summed E-state index contributed by atoms with van der Waals surface area (Å²) in [6, 6.07) is 8.15. The highest BCUT2D eigenvalue weighted by atomic mass is 19.1. The fraction of sp³-hybridized carbons (Fsp3) is 0.429. The second kappa shape index (κ2) is 12.0. The van der Waals surface area contributed by atoms with Crippen LogP contribution in [0.15, 0.2) is 42.6 Å². The number of likely N-dealkylation sites (tertiary alicyclic amines) is 1. The largest absolute Gasteiger partial charge is 0.497 e. The third-order valence-corrected chi connectivity index (χ3v) is 7.35. The number of hydrogen-bond acceptors (Lipinski definition) is 6. The zero-order chi connectivity index (χ0) is 27.3. The Morgan fingerprint density at radius 3 is 2.47 bits per heavy atom. The maximum atomic E-state index is 13.8. The third-order valence-electron chi connectivity index (χ3n) is 7.35. The minimum Gasteiger partial charge on any atom is -0.497 e. The molecule has 7 nitrogen and oxygen atoms in total. The van der Waals surface area contributed by atoms with Gasteiger partial charge in [-0.25, -0.2) is 13.2 Å². The van der Waals surface area contributed by atoms with Gasteiger partial charge in [0.05, 0.1) is 24.1 Å². The lowest BCUT2D eigenvalue weighted by molar-refractivity contribution is -0.153. The summed E-state index contributed by atoms with van der Waals surface area (Å²) in [6.45, 7) is 0.853. The Kier molecular flexibility index (Phi) is 8.73. The number of benzene rings is 2. The van der Waals surface area contributed by atoms with Gasteiger partial charge in [-0.2, -0.15) is 0 Å². The molecule has 3 aromatic rings. The van der Waals surface area contributed by atoms with E-state index in [0.717, 1.165) is 18.2 Å². The van der Waals surface area contributed by atoms with Gasteiger partial charge in [0.15, 0.2) is 0 Å². The Bertz CT molecular complexity index is 1260. The minimum atomic E-state index is -1.08. The van der Waals surface area contributed by atoms with Gasteiger partial charge in [0, 0.05) is 41.9 Å². The average Bonchev–Trinajstić information content (AvgIpc) is 2.90. The number of methoxy groups -OCH3 is 1. The van der Waals surface area contributed by atoms with Crippen LogP contribution in [0.25, 0.3) is 10.9 Å². The van der Waals surface area contributed by atoms with Crippen molar-refractivity contribution in [2.24, 2.45) is 5.41 Å². The summed E-state index contributed by atoms with van der Waals surface area (Å²) < 4.78 is 51.2. The number of hydrogen-bond donors (Lipinski definition) is 2. The molecule has 1 aromatic heterocycles. The predicted octanol–water partition coefficient (Wildman–Crippen LogP) is 5.05. The SMILES string of the molecule is COc1ccc2ncc(CF)c(C(O)CCC3(C(=O)O)CCN(CCOc4cc(F)cc(F)c4)CC3)c2c1. The number of aromatic nitrogens is 1. The van der Waals surface area contributed by atoms with Gasteiger partial charge in [0.2, 0.25) is 0 Å². The van der Waals surface area contributed by atoms with E-state index < -0.39 is 35.8 Å². The van der Waals surface area contributed by atoms with Crippen LogP contribution in [-0.4, -0.2) is 59.4 Å². The lowest BCUT2D eigenvalue weighted by Gasteiger charge is -2.39. The Morgan fingerprint density at radius 1 is 1.13 bits per heavy atom. The quantitative estimate of drug-likeness (QED) is 0.357. The van der Waals surface area contributed by atoms with Gasteiger partial charge >= 0.3 is 5.97 Å². The summed E-state index contributed by atoms with van der Waals surface area (Å²) in [5.41, 5.74) is 0.220. The molecule has 0 spiro atoms. The molecule has 10 heteroatoms. The van der Waals surface area contributed by atoms with Crippen molar-refractivity contribution in [2.45, 2.75) is 38.5 Å². The topological polar surface area (TPSA) is 92.1 Å². The van der Waals surface area contributed by atoms with E-state index in [1.165, 1.54) is 13.3 Å². The Morgan fingerprint density at radius 2 is 1.84 bits per heavy atom. The Balaban J connectivity index is 1.39. The fourth-order valence-electron chi connectivity index (χ4n) is 5.10. The van der Waals surface area contributed by atoms with Gasteiger partial charge in [-0.1, -0.05) is 0 Å². The smallest absolute Gasteiger partial charge is 0.309 e. The number of ether oxygens (including phenoxy) is 2. The van der Waals surface area contributed by atoms with Gasteiger partial charge in [-0.05, 0) is 62.5 Å². The van der Waals surface area contributed by atoms with Crippen molar-refractivity contribution in [1.29, 1.82) is 0 Å². The molecule has 38 heavy (non-hydrogen) atoms. The van der Waals surface area contributed by atoms with Crippen LogP contribution < -0.4 is 9.47 Å². The molecule has 0 radical (unpaired) electrons. The number of piperidine rings is 1. The van der Waals surface area contributed by atoms with Crippen molar-refractivity contribution >= 4 is 16.9 Å². The number of carboxylic acid groups (broad SMARTS) is 1. The van der Waals surface area contributed by atoms with E-state index in [1.807, 2.05) is 4.90 Å². The molecule has 204 valence electrons. The van der Waals surface area contributed by atoms with Gasteiger partial charge < -0.3 is 19.7 Å². The first-order valence-corrected chi connectivity index (χ1v) is 12.5. The highest BCUT2D eigenvalue weighted by molar-refractivity contribution is 5.85. The number of carbonyl (C=O) groups is 1. The summed E-state index contributed by atoms with van der Waals surface area (Å²) >= 11 is 0. The number of fused-ring (bicyclic) bond motifs is 1. The summed E-state index contributed by atoms with van der Waals surface area (Å²) in [6.07, 6.45) is 1.42. The molecule has 0 aliphatic carbocycles. The maximum Gasteiger partial charge on any atom is 0.309 e. The molecule has 0 bridgehead atoms. The van der Waals surface area contributed by atoms with Crippen LogP contribution >= 0.6 is 0 Å². The number of pyridine rings is 1. The van der Waals surface area contributed by atoms with Crippen molar-refractivity contribution in [2.75, 3.05) is 33.4 Å². The van der Waals surface area contributed by atoms with Crippen LogP contribution in [0.4, 0.5) is 13.2 Å². The number of alkyl halides is 1. The first kappa shape index (κ1) is 27.7. The average molecular weight is 533 g/mol. The van der Waals surface area contributed by atoms with Crippen molar-refractivity contribution in [3.8, 4) is 11.5 Å². The number of halogens is 3. The zero-order valence-electron chi connectivity index (χ0n) is 21.1. The molecule has 1 unspecified atom stereocenters. The number of aliphatic hydroxyl groups excluding tert-OH is 1. The van der Waals surface area contributed by atoms with Gasteiger partial charge in [0.1, 0.15) is 36.4 Å². The van der Waals surface area contributed by atoms with E-state index in [2.05, 4.69) is 4.98 Å². The van der Waals surface area contributed by atoms with Crippen LogP contribution in [0.5, 0.6) is 11.5 Å². The zero-order valence-corrected chi connectivity index (χ0v) is 21.1. The van der Waals surface area contributed by atoms with E-state index >= 15 is 0 Å². The highest BCUT2D eigenvalue weighted by Crippen LogP contribution is 2.40. The van der Waals surface area contributed by atoms with E-state index in [1.54, 1.807) is 18.2 Å². The first-order valence-electron chi connectivity index (χ1n) is 12.5. The van der Waals surface area contributed by atoms with Crippen LogP contribution in [-0.2, 0) is 11.5 Å². The van der Waals surface area contributed by atoms with Gasteiger partial charge in [-0.15, -0.1) is 0 Å². The lowest BCUT2D eigenvalue weighted by Crippen LogP contribution is -2.45. The van der Waals surface area contributed by atoms with Gasteiger partial charge in [-0.3, -0.25) is 14.7 Å². The fourth-order valence-corrected chi connectivity index (χ4v) is 5.10. The molecule has 2 heterocycles. The molecule has 1 aliphatic rings. The maximum absolute atomic E-state index is 13.8. The second-order valence-electron chi connectivity index (χ2n) is 9.65. The second-order valence-corrected chi connectivity index (χ2v) is 9.65. The predicted molar refractivity (Wildman–Crippen MR) is 135 cm³/mol. The molecule has 1 fully saturated rings. The highest BCUT2D eigenvalue weighted by Gasteiger charge is 2.41. The molecular weight excluding hydrogens is 501 g/mol. The number of aliphatic hydroxyl groups is 1. The lowest BCUT2D eigenvalue weighted by atomic mass is 9.74. The van der Waals surface area contributed by atoms with Crippen molar-refractivity contribution in [3.05, 3.63) is 65.4 Å². The number of rotatable bonds is 11. The third kappa shape index (κ3) is 6.19. The summed E-state index contributed by atoms with van der Waals surface area (Å²) in [5.74, 6) is -1.72. The summed E-state index contributed by atoms with van der Waals surface area (Å²) in [5, 5.41) is 21.8. The summed E-state index contributed by atoms with van der Waals surface area (Å²) in [4.78, 5) is 18.6. The molecule has 0 saturated carbocycles. The van der Waals surface area contributed by atoms with E-state index in [4.69, 9.17) is 9.47 Å². The van der Waals surface area contributed by atoms with E-state index in [9.17, 15) is 28.2 Å². The molecule has 1 aliphatic heterocycles. The molecule has 2 aromatic carbocycles. The van der Waals surface area contributed by atoms with E-state index in [0.29, 0.717) is 54.7 Å². The Hall–Kier alpha value is -3.37. The molecule has 1 saturated heterocycles. The van der Waals surface area contributed by atoms with Crippen molar-refractivity contribution in [3.63, 3.8) is 0 Å². The van der Waals surface area contributed by atoms with Crippen molar-refractivity contribution in [1.82, 2.24) is 9.88 Å². The number of carboxylic acids is 1. The molecule has 2 N–H and O–H groups in total.